The summed E-state index contributed by atoms with van der Waals surface area (Å²) in [7, 11) is 1.27. The van der Waals surface area contributed by atoms with Gasteiger partial charge in [0.05, 0.1) is 46.6 Å². The molecule has 13 N–H and O–H groups in total. The van der Waals surface area contributed by atoms with E-state index < -0.39 is 149 Å². The van der Waals surface area contributed by atoms with E-state index in [0.29, 0.717) is 11.5 Å². The van der Waals surface area contributed by atoms with E-state index in [1.807, 2.05) is 0 Å². The maximum Gasteiger partial charge on any atom is 0.306 e. The van der Waals surface area contributed by atoms with Crippen LogP contribution < -0.4 is 0 Å². The second kappa shape index (κ2) is 21.1. The lowest BCUT2D eigenvalue weighted by Crippen LogP contribution is -2.66. The summed E-state index contributed by atoms with van der Waals surface area (Å²) < 4.78 is 48.7. The molecule has 0 bridgehead atoms. The molecule has 0 amide bonds. The minimum Gasteiger partial charge on any atom is -0.469 e. The van der Waals surface area contributed by atoms with Gasteiger partial charge in [0.15, 0.2) is 25.2 Å². The van der Waals surface area contributed by atoms with E-state index in [9.17, 15) is 71.2 Å². The zero-order chi connectivity index (χ0) is 39.9. The highest BCUT2D eigenvalue weighted by molar-refractivity contribution is 7.99. The maximum absolute atomic E-state index is 11.2. The molecule has 316 valence electrons. The van der Waals surface area contributed by atoms with Crippen LogP contribution in [0.1, 0.15) is 6.42 Å². The molecule has 0 radical (unpaired) electrons. The number of esters is 1. The molecular formula is C30H52O23S. The third-order valence-corrected chi connectivity index (χ3v) is 10.3. The van der Waals surface area contributed by atoms with Crippen molar-refractivity contribution in [1.82, 2.24) is 0 Å². The van der Waals surface area contributed by atoms with Gasteiger partial charge in [-0.15, -0.1) is 0 Å². The highest BCUT2D eigenvalue weighted by Crippen LogP contribution is 2.33. The van der Waals surface area contributed by atoms with Gasteiger partial charge in [0.1, 0.15) is 97.7 Å². The van der Waals surface area contributed by atoms with Crippen LogP contribution in [0.5, 0.6) is 0 Å². The van der Waals surface area contributed by atoms with E-state index in [0.717, 1.165) is 0 Å². The summed E-state index contributed by atoms with van der Waals surface area (Å²) in [5.41, 5.74) is 0. The Labute approximate surface area is 312 Å². The van der Waals surface area contributed by atoms with Gasteiger partial charge in [0.25, 0.3) is 0 Å². The minimum absolute atomic E-state index is 0.0294. The molecule has 4 saturated heterocycles. The second-order valence-electron chi connectivity index (χ2n) is 13.0. The van der Waals surface area contributed by atoms with Crippen molar-refractivity contribution < 1.29 is 114 Å². The van der Waals surface area contributed by atoms with Crippen LogP contribution in [0.4, 0.5) is 0 Å². The number of aliphatic hydroxyl groups excluding tert-OH is 13. The first-order chi connectivity index (χ1) is 25.7. The zero-order valence-corrected chi connectivity index (χ0v) is 29.8. The van der Waals surface area contributed by atoms with Crippen molar-refractivity contribution in [2.75, 3.05) is 51.6 Å². The van der Waals surface area contributed by atoms with Crippen molar-refractivity contribution in [3.63, 3.8) is 0 Å². The van der Waals surface area contributed by atoms with Gasteiger partial charge in [-0.2, -0.15) is 11.8 Å². The van der Waals surface area contributed by atoms with Crippen LogP contribution in [0.2, 0.25) is 0 Å². The molecule has 4 rings (SSSR count). The summed E-state index contributed by atoms with van der Waals surface area (Å²) in [6, 6.07) is 0. The molecule has 0 spiro atoms. The lowest BCUT2D eigenvalue weighted by Gasteiger charge is -2.48. The number of aliphatic hydroxyl groups is 13. The minimum atomic E-state index is -2.01. The van der Waals surface area contributed by atoms with Gasteiger partial charge in [0.2, 0.25) is 0 Å². The van der Waals surface area contributed by atoms with E-state index in [-0.39, 0.29) is 19.0 Å². The maximum atomic E-state index is 11.2. The molecule has 0 unspecified atom stereocenters. The average molecular weight is 813 g/mol. The summed E-state index contributed by atoms with van der Waals surface area (Å²) >= 11 is 1.36. The van der Waals surface area contributed by atoms with Crippen molar-refractivity contribution in [2.24, 2.45) is 0 Å². The predicted molar refractivity (Wildman–Crippen MR) is 172 cm³/mol. The molecule has 0 saturated carbocycles. The average Bonchev–Trinajstić information content (AvgIpc) is 3.17. The molecule has 24 heteroatoms. The van der Waals surface area contributed by atoms with Gasteiger partial charge in [0, 0.05) is 11.5 Å². The Hall–Kier alpha value is -1.02. The molecule has 0 aromatic heterocycles. The standard InChI is InChI=1S/C30H52O23S/c1-45-14(34)2-4-54-5-3-46-27-23(43)19(39)25(11(7-32)49-27)53-30-24(44)20(40)26(12(8-33)50-30)52-29-22(42)18(38)16(36)13(51-29)9-47-28-21(41)17(37)15(35)10(6-31)48-28/h10-13,15-33,35-44H,2-9H2,1H3/t10-,11-,12+,13-,15-,16-,17+,18+,19-,20+,21-,22-,23-,24+,25-,26+,27-,28+,29-,30+/m1/s1. The molecule has 4 aliphatic heterocycles. The third kappa shape index (κ3) is 10.7. The van der Waals surface area contributed by atoms with Crippen LogP contribution in [-0.4, -0.2) is 247 Å². The first-order valence-corrected chi connectivity index (χ1v) is 18.3. The quantitative estimate of drug-likeness (QED) is 0.0479. The van der Waals surface area contributed by atoms with E-state index in [4.69, 9.17) is 37.9 Å². The number of ether oxygens (including phenoxy) is 9. The van der Waals surface area contributed by atoms with Gasteiger partial charge in [-0.3, -0.25) is 4.79 Å². The monoisotopic (exact) mass is 812 g/mol. The molecule has 4 fully saturated rings. The van der Waals surface area contributed by atoms with E-state index in [1.54, 1.807) is 0 Å². The van der Waals surface area contributed by atoms with Gasteiger partial charge < -0.3 is 109 Å². The molecule has 4 aliphatic rings. The summed E-state index contributed by atoms with van der Waals surface area (Å²) in [5.74, 6) is 0.449. The molecular weight excluding hydrogens is 760 g/mol. The lowest BCUT2D eigenvalue weighted by atomic mass is 9.96. The van der Waals surface area contributed by atoms with Crippen LogP contribution in [0.3, 0.4) is 0 Å². The van der Waals surface area contributed by atoms with Gasteiger partial charge in [-0.1, -0.05) is 0 Å². The van der Waals surface area contributed by atoms with Gasteiger partial charge >= 0.3 is 5.97 Å². The number of thioether (sulfide) groups is 1. The number of rotatable bonds is 17. The first kappa shape index (κ1) is 45.7. The van der Waals surface area contributed by atoms with Gasteiger partial charge in [-0.25, -0.2) is 0 Å². The lowest BCUT2D eigenvalue weighted by molar-refractivity contribution is -0.381. The number of hydrogen-bond donors (Lipinski definition) is 13. The second-order valence-corrected chi connectivity index (χ2v) is 14.2. The van der Waals surface area contributed by atoms with E-state index >= 15 is 0 Å². The number of carbonyl (C=O) groups is 1. The Morgan fingerprint density at radius 3 is 1.48 bits per heavy atom. The molecule has 4 heterocycles. The normalized spacial score (nSPS) is 46.0. The fraction of sp³-hybridized carbons (Fsp3) is 0.967. The van der Waals surface area contributed by atoms with Crippen LogP contribution in [-0.2, 0) is 47.4 Å². The predicted octanol–water partition coefficient (Wildman–Crippen LogP) is -8.43. The van der Waals surface area contributed by atoms with E-state index in [1.165, 1.54) is 18.9 Å². The third-order valence-electron chi connectivity index (χ3n) is 9.35. The summed E-state index contributed by atoms with van der Waals surface area (Å²) in [6.45, 7) is -3.09. The number of methoxy groups -OCH3 is 1. The van der Waals surface area contributed by atoms with Crippen LogP contribution >= 0.6 is 11.8 Å². The molecule has 0 aromatic rings. The van der Waals surface area contributed by atoms with Crippen molar-refractivity contribution >= 4 is 17.7 Å². The SMILES string of the molecule is COC(=O)CCSCCO[C@@H]1O[C@H](CO)[C@@H](O[C@@H]2O[C@@H](CO)[C@H](O[C@H]3O[C@H](CO[C@H]4O[C@H](CO)[C@@H](O)[C@H](O)[C@H]4O)[C@@H](O)[C@H](O)[C@H]3O)[C@@H](O)[C@@H]2O)[C@H](O)[C@H]1O. The van der Waals surface area contributed by atoms with Crippen LogP contribution in [0.25, 0.3) is 0 Å². The summed E-state index contributed by atoms with van der Waals surface area (Å²) in [5, 5.41) is 135. The molecule has 0 aliphatic carbocycles. The van der Waals surface area contributed by atoms with E-state index in [2.05, 4.69) is 4.74 Å². The molecule has 54 heavy (non-hydrogen) atoms. The van der Waals surface area contributed by atoms with Crippen molar-refractivity contribution in [3.8, 4) is 0 Å². The summed E-state index contributed by atoms with van der Waals surface area (Å²) in [6.07, 6.45) is -34.2. The van der Waals surface area contributed by atoms with Crippen molar-refractivity contribution in [1.29, 1.82) is 0 Å². The molecule has 23 nitrogen and oxygen atoms in total. The Morgan fingerprint density at radius 2 is 0.944 bits per heavy atom. The first-order valence-electron chi connectivity index (χ1n) is 17.1. The molecule has 0 aromatic carbocycles. The highest BCUT2D eigenvalue weighted by Gasteiger charge is 2.54. The number of carbonyl (C=O) groups excluding carboxylic acids is 1. The fourth-order valence-corrected chi connectivity index (χ4v) is 6.87. The Balaban J connectivity index is 1.34. The fourth-order valence-electron chi connectivity index (χ4n) is 6.15. The van der Waals surface area contributed by atoms with Crippen LogP contribution in [0, 0.1) is 0 Å². The largest absolute Gasteiger partial charge is 0.469 e. The number of hydrogen-bond acceptors (Lipinski definition) is 24. The topological polar surface area (TPSA) is 363 Å². The Bertz CT molecular complexity index is 1120. The highest BCUT2D eigenvalue weighted by atomic mass is 32.2. The molecule has 20 atom stereocenters. The smallest absolute Gasteiger partial charge is 0.306 e. The van der Waals surface area contributed by atoms with Crippen molar-refractivity contribution in [3.05, 3.63) is 0 Å². The zero-order valence-electron chi connectivity index (χ0n) is 29.0. The van der Waals surface area contributed by atoms with Crippen molar-refractivity contribution in [2.45, 2.75) is 129 Å². The summed E-state index contributed by atoms with van der Waals surface area (Å²) in [4.78, 5) is 11.2. The Morgan fingerprint density at radius 1 is 0.519 bits per heavy atom. The Kier molecular flexibility index (Phi) is 17.9. The van der Waals surface area contributed by atoms with Crippen LogP contribution in [0.15, 0.2) is 0 Å². The van der Waals surface area contributed by atoms with Gasteiger partial charge in [-0.05, 0) is 0 Å².